The molecule has 0 saturated heterocycles. The molecule has 0 aliphatic rings. The van der Waals surface area contributed by atoms with Gasteiger partial charge in [-0.3, -0.25) is 0 Å². The Kier molecular flexibility index (Phi) is 4.55. The van der Waals surface area contributed by atoms with Crippen molar-refractivity contribution >= 4 is 17.1 Å². The number of benzene rings is 3. The predicted octanol–water partition coefficient (Wildman–Crippen LogP) is 5.92. The molecule has 0 aromatic heterocycles. The van der Waals surface area contributed by atoms with E-state index in [2.05, 4.69) is 84.6 Å². The van der Waals surface area contributed by atoms with Gasteiger partial charge in [-0.2, -0.15) is 0 Å². The fraction of sp³-hybridized carbons (Fsp3) is 0.0952. The van der Waals surface area contributed by atoms with Gasteiger partial charge in [-0.05, 0) is 54.8 Å². The van der Waals surface area contributed by atoms with Gasteiger partial charge in [0.1, 0.15) is 0 Å². The summed E-state index contributed by atoms with van der Waals surface area (Å²) in [6, 6.07) is 29.7. The summed E-state index contributed by atoms with van der Waals surface area (Å²) in [4.78, 5) is 2.28. The first-order valence-electron chi connectivity index (χ1n) is 7.67. The summed E-state index contributed by atoms with van der Waals surface area (Å²) in [5.41, 5.74) is 4.84. The van der Waals surface area contributed by atoms with E-state index in [0.717, 1.165) is 12.8 Å². The number of hydrogen-bond acceptors (Lipinski definition) is 1. The van der Waals surface area contributed by atoms with Gasteiger partial charge in [-0.25, -0.2) is 0 Å². The van der Waals surface area contributed by atoms with Crippen molar-refractivity contribution in [2.45, 2.75) is 12.8 Å². The molecule has 22 heavy (non-hydrogen) atoms. The van der Waals surface area contributed by atoms with E-state index >= 15 is 0 Å². The van der Waals surface area contributed by atoms with Crippen LogP contribution in [0.4, 0.5) is 17.1 Å². The van der Waals surface area contributed by atoms with Gasteiger partial charge in [0.05, 0.1) is 0 Å². The minimum absolute atomic E-state index is 0.917. The van der Waals surface area contributed by atoms with Crippen molar-refractivity contribution in [2.24, 2.45) is 0 Å². The van der Waals surface area contributed by atoms with E-state index in [9.17, 15) is 0 Å². The second-order valence-electron chi connectivity index (χ2n) is 5.28. The summed E-state index contributed by atoms with van der Waals surface area (Å²) in [5, 5.41) is 0. The van der Waals surface area contributed by atoms with E-state index in [4.69, 9.17) is 0 Å². The molecule has 0 unspecified atom stereocenters. The van der Waals surface area contributed by atoms with Crippen LogP contribution in [0.1, 0.15) is 12.0 Å². The van der Waals surface area contributed by atoms with Gasteiger partial charge in [-0.15, -0.1) is 0 Å². The fourth-order valence-electron chi connectivity index (χ4n) is 2.66. The van der Waals surface area contributed by atoms with Crippen molar-refractivity contribution < 1.29 is 0 Å². The van der Waals surface area contributed by atoms with Crippen molar-refractivity contribution in [3.05, 3.63) is 97.4 Å². The largest absolute Gasteiger partial charge is 0.310 e. The van der Waals surface area contributed by atoms with Crippen molar-refractivity contribution in [3.8, 4) is 0 Å². The monoisotopic (exact) mass is 286 g/mol. The smallest absolute Gasteiger partial charge is 0.0464 e. The third-order valence-corrected chi connectivity index (χ3v) is 3.66. The molecule has 1 heteroatoms. The van der Waals surface area contributed by atoms with Crippen LogP contribution in [0.25, 0.3) is 0 Å². The summed E-state index contributed by atoms with van der Waals surface area (Å²) in [6.45, 7) is 3.96. The second-order valence-corrected chi connectivity index (χ2v) is 5.28. The summed E-state index contributed by atoms with van der Waals surface area (Å²) >= 11 is 0. The quantitative estimate of drug-likeness (QED) is 0.562. The highest BCUT2D eigenvalue weighted by Gasteiger charge is 2.11. The van der Waals surface area contributed by atoms with E-state index in [1.54, 1.807) is 0 Å². The first kappa shape index (κ1) is 14.4. The van der Waals surface area contributed by atoms with E-state index in [1.807, 2.05) is 12.1 Å². The van der Waals surface area contributed by atoms with Crippen LogP contribution < -0.4 is 4.90 Å². The number of nitrogens with zero attached hydrogens (tertiary/aromatic N) is 1. The molecule has 0 fully saturated rings. The van der Waals surface area contributed by atoms with Gasteiger partial charge >= 0.3 is 0 Å². The van der Waals surface area contributed by atoms with E-state index in [-0.39, 0.29) is 0 Å². The van der Waals surface area contributed by atoms with Crippen LogP contribution in [0.5, 0.6) is 0 Å². The van der Waals surface area contributed by atoms with Crippen LogP contribution >= 0.6 is 0 Å². The average Bonchev–Trinajstić information content (AvgIpc) is 2.58. The maximum Gasteiger partial charge on any atom is 0.0464 e. The zero-order valence-corrected chi connectivity index (χ0v) is 12.7. The Bertz CT molecular complexity index is 665. The molecule has 0 aliphatic carbocycles. The molecule has 0 aliphatic heterocycles. The van der Waals surface area contributed by atoms with Gasteiger partial charge < -0.3 is 4.90 Å². The fourth-order valence-corrected chi connectivity index (χ4v) is 2.66. The lowest BCUT2D eigenvalue weighted by atomic mass is 10.1. The van der Waals surface area contributed by atoms with Gasteiger partial charge in [-0.1, -0.05) is 55.5 Å². The second kappa shape index (κ2) is 6.95. The van der Waals surface area contributed by atoms with Gasteiger partial charge in [0, 0.05) is 17.1 Å². The lowest BCUT2D eigenvalue weighted by Gasteiger charge is -2.25. The average molecular weight is 286 g/mol. The van der Waals surface area contributed by atoms with Gasteiger partial charge in [0.15, 0.2) is 0 Å². The molecule has 1 radical (unpaired) electrons. The van der Waals surface area contributed by atoms with Crippen LogP contribution in [0.3, 0.4) is 0 Å². The summed E-state index contributed by atoms with van der Waals surface area (Å²) in [7, 11) is 0. The Balaban J connectivity index is 2.08. The highest BCUT2D eigenvalue weighted by Crippen LogP contribution is 2.34. The van der Waals surface area contributed by atoms with Crippen LogP contribution in [0, 0.1) is 6.92 Å². The summed E-state index contributed by atoms with van der Waals surface area (Å²) in [6.07, 6.45) is 1.92. The third kappa shape index (κ3) is 3.20. The van der Waals surface area contributed by atoms with Crippen LogP contribution in [-0.2, 0) is 6.42 Å². The third-order valence-electron chi connectivity index (χ3n) is 3.66. The Morgan fingerprint density at radius 1 is 0.636 bits per heavy atom. The molecule has 0 N–H and O–H groups in total. The molecular weight excluding hydrogens is 266 g/mol. The predicted molar refractivity (Wildman–Crippen MR) is 94.8 cm³/mol. The van der Waals surface area contributed by atoms with E-state index < -0.39 is 0 Å². The Labute approximate surface area is 132 Å². The molecule has 0 bridgehead atoms. The maximum absolute atomic E-state index is 3.96. The van der Waals surface area contributed by atoms with Crippen molar-refractivity contribution in [3.63, 3.8) is 0 Å². The molecule has 1 nitrogen and oxygen atoms in total. The van der Waals surface area contributed by atoms with E-state index in [1.165, 1.54) is 22.6 Å². The van der Waals surface area contributed by atoms with Crippen LogP contribution in [-0.4, -0.2) is 0 Å². The summed E-state index contributed by atoms with van der Waals surface area (Å²) in [5.74, 6) is 0. The number of hydrogen-bond donors (Lipinski definition) is 0. The number of aryl methyl sites for hydroxylation is 1. The molecule has 0 atom stereocenters. The van der Waals surface area contributed by atoms with E-state index in [0.29, 0.717) is 0 Å². The topological polar surface area (TPSA) is 3.24 Å². The maximum atomic E-state index is 3.96. The first-order chi connectivity index (χ1) is 10.9. The zero-order chi connectivity index (χ0) is 15.2. The molecule has 109 valence electrons. The molecule has 3 aromatic carbocycles. The summed E-state index contributed by atoms with van der Waals surface area (Å²) < 4.78 is 0. The lowest BCUT2D eigenvalue weighted by molar-refractivity contribution is 0.998. The Hall–Kier alpha value is -2.54. The van der Waals surface area contributed by atoms with Gasteiger partial charge in [0.25, 0.3) is 0 Å². The standard InChI is InChI=1S/C21H20N/c1-2-10-18-11-9-16-21(17-18)22(19-12-5-3-6-13-19)20-14-7-4-8-15-20/h3-9,11-17H,1-2,10H2. The Morgan fingerprint density at radius 3 is 1.73 bits per heavy atom. The van der Waals surface area contributed by atoms with Crippen LogP contribution in [0.2, 0.25) is 0 Å². The molecule has 0 saturated carbocycles. The zero-order valence-electron chi connectivity index (χ0n) is 12.7. The number of anilines is 3. The molecule has 3 rings (SSSR count). The molecule has 3 aromatic rings. The lowest BCUT2D eigenvalue weighted by Crippen LogP contribution is -2.09. The molecule has 0 amide bonds. The minimum atomic E-state index is 0.917. The minimum Gasteiger partial charge on any atom is -0.310 e. The highest BCUT2D eigenvalue weighted by molar-refractivity contribution is 5.76. The number of para-hydroxylation sites is 2. The number of rotatable bonds is 5. The van der Waals surface area contributed by atoms with Crippen molar-refractivity contribution in [2.75, 3.05) is 4.90 Å². The Morgan fingerprint density at radius 2 is 1.18 bits per heavy atom. The normalized spacial score (nSPS) is 10.4. The van der Waals surface area contributed by atoms with Crippen molar-refractivity contribution in [1.82, 2.24) is 0 Å². The van der Waals surface area contributed by atoms with Crippen LogP contribution in [0.15, 0.2) is 84.9 Å². The highest BCUT2D eigenvalue weighted by atomic mass is 15.1. The van der Waals surface area contributed by atoms with Gasteiger partial charge in [0.2, 0.25) is 0 Å². The molecule has 0 heterocycles. The van der Waals surface area contributed by atoms with Crippen molar-refractivity contribution in [1.29, 1.82) is 0 Å². The molecular formula is C21H20N. The first-order valence-corrected chi connectivity index (χ1v) is 7.67. The molecule has 0 spiro atoms. The SMILES string of the molecule is [CH2]CCc1cccc(N(c2ccccc2)c2ccccc2)c1.